The van der Waals surface area contributed by atoms with Gasteiger partial charge in [-0.15, -0.1) is 0 Å². The highest BCUT2D eigenvalue weighted by molar-refractivity contribution is 8.15. The Kier molecular flexibility index (Phi) is 5.09. The van der Waals surface area contributed by atoms with E-state index >= 15 is 0 Å². The fourth-order valence-corrected chi connectivity index (χ4v) is 3.40. The van der Waals surface area contributed by atoms with Crippen molar-refractivity contribution >= 4 is 22.7 Å². The zero-order chi connectivity index (χ0) is 16.2. The van der Waals surface area contributed by atoms with Gasteiger partial charge < -0.3 is 5.11 Å². The van der Waals surface area contributed by atoms with Gasteiger partial charge in [0.15, 0.2) is 0 Å². The molecule has 0 spiro atoms. The summed E-state index contributed by atoms with van der Waals surface area (Å²) >= 11 is 1.46. The normalized spacial score (nSPS) is 20.5. The van der Waals surface area contributed by atoms with E-state index in [0.29, 0.717) is 12.3 Å². The molecular formula is C16H18FN3O2S. The maximum Gasteiger partial charge on any atom is 0.250 e. The average Bonchev–Trinajstić information content (AvgIpc) is 2.57. The summed E-state index contributed by atoms with van der Waals surface area (Å²) in [5, 5.41) is 15.2. The van der Waals surface area contributed by atoms with E-state index in [2.05, 4.69) is 21.5 Å². The number of benzene rings is 1. The van der Waals surface area contributed by atoms with Crippen molar-refractivity contribution in [3.8, 4) is 0 Å². The van der Waals surface area contributed by atoms with Crippen molar-refractivity contribution in [2.75, 3.05) is 25.4 Å². The number of amides is 1. The molecule has 1 atom stereocenters. The van der Waals surface area contributed by atoms with Crippen LogP contribution in [0.25, 0.3) is 0 Å². The zero-order valence-electron chi connectivity index (χ0n) is 12.5. The van der Waals surface area contributed by atoms with E-state index in [1.165, 1.54) is 23.9 Å². The van der Waals surface area contributed by atoms with Crippen molar-refractivity contribution in [1.29, 1.82) is 0 Å². The van der Waals surface area contributed by atoms with Crippen LogP contribution in [-0.2, 0) is 4.79 Å². The molecule has 122 valence electrons. The second-order valence-electron chi connectivity index (χ2n) is 5.55. The summed E-state index contributed by atoms with van der Waals surface area (Å²) in [5.74, 6) is 0.0342. The van der Waals surface area contributed by atoms with E-state index < -0.39 is 6.10 Å². The van der Waals surface area contributed by atoms with Crippen molar-refractivity contribution in [2.24, 2.45) is 5.10 Å². The van der Waals surface area contributed by atoms with Crippen LogP contribution < -0.4 is 5.43 Å². The molecule has 3 rings (SSSR count). The Balaban J connectivity index is 1.56. The number of hydrazone groups is 1. The molecule has 0 fully saturated rings. The van der Waals surface area contributed by atoms with Crippen LogP contribution in [0.2, 0.25) is 0 Å². The molecule has 1 unspecified atom stereocenters. The van der Waals surface area contributed by atoms with E-state index in [1.54, 1.807) is 12.1 Å². The van der Waals surface area contributed by atoms with Gasteiger partial charge in [-0.1, -0.05) is 30.0 Å². The largest absolute Gasteiger partial charge is 0.387 e. The summed E-state index contributed by atoms with van der Waals surface area (Å²) in [6.45, 7) is 2.05. The molecule has 0 aromatic heterocycles. The number of hydrogen-bond donors (Lipinski definition) is 2. The maximum absolute atomic E-state index is 12.9. The van der Waals surface area contributed by atoms with Gasteiger partial charge in [0.2, 0.25) is 0 Å². The molecule has 2 heterocycles. The van der Waals surface area contributed by atoms with Crippen LogP contribution in [0, 0.1) is 5.82 Å². The van der Waals surface area contributed by atoms with Crippen LogP contribution in [0.5, 0.6) is 0 Å². The smallest absolute Gasteiger partial charge is 0.250 e. The van der Waals surface area contributed by atoms with Gasteiger partial charge in [0, 0.05) is 19.6 Å². The van der Waals surface area contributed by atoms with Crippen molar-refractivity contribution in [1.82, 2.24) is 10.3 Å². The number of aliphatic hydroxyl groups is 1. The Morgan fingerprint density at radius 3 is 2.78 bits per heavy atom. The highest BCUT2D eigenvalue weighted by Gasteiger charge is 2.21. The molecule has 0 bridgehead atoms. The van der Waals surface area contributed by atoms with E-state index in [1.807, 2.05) is 0 Å². The van der Waals surface area contributed by atoms with Gasteiger partial charge in [-0.25, -0.2) is 9.82 Å². The highest BCUT2D eigenvalue weighted by atomic mass is 32.2. The van der Waals surface area contributed by atoms with Crippen LogP contribution >= 0.6 is 11.8 Å². The molecule has 0 saturated carbocycles. The Labute approximate surface area is 138 Å². The molecular weight excluding hydrogens is 317 g/mol. The summed E-state index contributed by atoms with van der Waals surface area (Å²) in [6.07, 6.45) is 2.29. The number of halogens is 1. The number of β-amino-alcohol motifs (C(OH)–C–C–N with tert-alkyl or cyclic N) is 1. The van der Waals surface area contributed by atoms with E-state index in [-0.39, 0.29) is 11.7 Å². The minimum atomic E-state index is -0.633. The SMILES string of the molecule is O=C1CSC(C2=CCN(CC(O)c3ccc(F)cc3)CC2)=NN1. The minimum Gasteiger partial charge on any atom is -0.387 e. The molecule has 1 amide bonds. The van der Waals surface area contributed by atoms with Gasteiger partial charge >= 0.3 is 0 Å². The van der Waals surface area contributed by atoms with Crippen LogP contribution in [0.15, 0.2) is 41.0 Å². The summed E-state index contributed by atoms with van der Waals surface area (Å²) < 4.78 is 12.9. The minimum absolute atomic E-state index is 0.0702. The average molecular weight is 335 g/mol. The first-order chi connectivity index (χ1) is 11.1. The zero-order valence-corrected chi connectivity index (χ0v) is 13.4. The molecule has 0 aliphatic carbocycles. The first-order valence-electron chi connectivity index (χ1n) is 7.46. The van der Waals surface area contributed by atoms with Crippen LogP contribution in [0.1, 0.15) is 18.1 Å². The fourth-order valence-electron chi connectivity index (χ4n) is 2.58. The summed E-state index contributed by atoms with van der Waals surface area (Å²) in [4.78, 5) is 13.2. The summed E-state index contributed by atoms with van der Waals surface area (Å²) in [5.41, 5.74) is 4.36. The second-order valence-corrected chi connectivity index (χ2v) is 6.51. The lowest BCUT2D eigenvalue weighted by Gasteiger charge is -2.29. The monoisotopic (exact) mass is 335 g/mol. The third kappa shape index (κ3) is 4.19. The molecule has 2 aliphatic rings. The van der Waals surface area contributed by atoms with E-state index in [9.17, 15) is 14.3 Å². The van der Waals surface area contributed by atoms with Gasteiger partial charge in [-0.3, -0.25) is 9.69 Å². The lowest BCUT2D eigenvalue weighted by atomic mass is 10.1. The third-order valence-corrected chi connectivity index (χ3v) is 4.91. The number of nitrogens with one attached hydrogen (secondary N) is 1. The second kappa shape index (κ2) is 7.25. The lowest BCUT2D eigenvalue weighted by Crippen LogP contribution is -2.34. The van der Waals surface area contributed by atoms with E-state index in [0.717, 1.165) is 35.7 Å². The van der Waals surface area contributed by atoms with Gasteiger partial charge in [0.05, 0.1) is 11.9 Å². The Hall–Kier alpha value is -1.70. The third-order valence-electron chi connectivity index (χ3n) is 3.88. The number of hydrogen-bond acceptors (Lipinski definition) is 5. The molecule has 0 radical (unpaired) electrons. The first kappa shape index (κ1) is 16.2. The number of rotatable bonds is 4. The van der Waals surface area contributed by atoms with Gasteiger partial charge in [-0.2, -0.15) is 5.10 Å². The Bertz CT molecular complexity index is 645. The van der Waals surface area contributed by atoms with E-state index in [4.69, 9.17) is 0 Å². The molecule has 7 heteroatoms. The Morgan fingerprint density at radius 1 is 1.39 bits per heavy atom. The van der Waals surface area contributed by atoms with Gasteiger partial charge in [-0.05, 0) is 29.7 Å². The molecule has 0 saturated heterocycles. The number of thioether (sulfide) groups is 1. The standard InChI is InChI=1S/C16H18FN3O2S/c17-13-3-1-11(2-4-13)14(21)9-20-7-5-12(6-8-20)16-19-18-15(22)10-23-16/h1-5,14,21H,6-10H2,(H,18,22). The summed E-state index contributed by atoms with van der Waals surface area (Å²) in [6, 6.07) is 5.95. The molecule has 1 aromatic rings. The van der Waals surface area contributed by atoms with Crippen molar-refractivity contribution in [3.63, 3.8) is 0 Å². The van der Waals surface area contributed by atoms with Crippen LogP contribution in [0.3, 0.4) is 0 Å². The Morgan fingerprint density at radius 2 is 2.17 bits per heavy atom. The van der Waals surface area contributed by atoms with Gasteiger partial charge in [0.1, 0.15) is 10.9 Å². The lowest BCUT2D eigenvalue weighted by molar-refractivity contribution is -0.118. The number of carbonyl (C=O) groups is 1. The van der Waals surface area contributed by atoms with Crippen molar-refractivity contribution in [3.05, 3.63) is 47.3 Å². The number of carbonyl (C=O) groups excluding carboxylic acids is 1. The predicted molar refractivity (Wildman–Crippen MR) is 88.5 cm³/mol. The maximum atomic E-state index is 12.9. The molecule has 2 N–H and O–H groups in total. The fraction of sp³-hybridized carbons (Fsp3) is 0.375. The first-order valence-corrected chi connectivity index (χ1v) is 8.45. The number of nitrogens with zero attached hydrogens (tertiary/aromatic N) is 2. The number of aliphatic hydroxyl groups excluding tert-OH is 1. The predicted octanol–water partition coefficient (Wildman–Crippen LogP) is 1.67. The highest BCUT2D eigenvalue weighted by Crippen LogP contribution is 2.23. The van der Waals surface area contributed by atoms with Gasteiger partial charge in [0.25, 0.3) is 5.91 Å². The molecule has 1 aromatic carbocycles. The molecule has 23 heavy (non-hydrogen) atoms. The van der Waals surface area contributed by atoms with Crippen LogP contribution in [-0.4, -0.2) is 46.3 Å². The van der Waals surface area contributed by atoms with Crippen molar-refractivity contribution in [2.45, 2.75) is 12.5 Å². The van der Waals surface area contributed by atoms with Crippen molar-refractivity contribution < 1.29 is 14.3 Å². The summed E-state index contributed by atoms with van der Waals surface area (Å²) in [7, 11) is 0. The molecule has 5 nitrogen and oxygen atoms in total. The van der Waals surface area contributed by atoms with Crippen LogP contribution in [0.4, 0.5) is 4.39 Å². The quantitative estimate of drug-likeness (QED) is 0.878. The molecule has 2 aliphatic heterocycles. The topological polar surface area (TPSA) is 64.9 Å².